The van der Waals surface area contributed by atoms with Crippen LogP contribution in [0.4, 0.5) is 0 Å². The predicted molar refractivity (Wildman–Crippen MR) is 158 cm³/mol. The van der Waals surface area contributed by atoms with Gasteiger partial charge >= 0.3 is 103 Å². The molecule has 0 aliphatic heterocycles. The number of benzene rings is 4. The van der Waals surface area contributed by atoms with Crippen molar-refractivity contribution in [3.8, 4) is 33.9 Å². The third-order valence-corrected chi connectivity index (χ3v) is 8.34. The van der Waals surface area contributed by atoms with Crippen molar-refractivity contribution in [2.24, 2.45) is 0 Å². The molecule has 0 atom stereocenters. The molecule has 2 aromatic heterocycles. The van der Waals surface area contributed by atoms with Gasteiger partial charge in [0.05, 0.1) is 33.6 Å². The summed E-state index contributed by atoms with van der Waals surface area (Å²) >= 11 is 0. The van der Waals surface area contributed by atoms with Crippen LogP contribution in [0.5, 0.6) is 0 Å². The van der Waals surface area contributed by atoms with Crippen LogP contribution in [0.3, 0.4) is 0 Å². The van der Waals surface area contributed by atoms with E-state index in [4.69, 9.17) is 0 Å². The molecule has 4 aromatic carbocycles. The van der Waals surface area contributed by atoms with E-state index in [9.17, 15) is 25.9 Å². The van der Waals surface area contributed by atoms with Crippen molar-refractivity contribution in [2.75, 3.05) is 0 Å². The molecular formula is C30H20K2N6O6S2. The molecule has 0 aliphatic rings. The summed E-state index contributed by atoms with van der Waals surface area (Å²) in [6.07, 6.45) is 5.49. The Morgan fingerprint density at radius 1 is 0.543 bits per heavy atom. The van der Waals surface area contributed by atoms with Gasteiger partial charge in [0.2, 0.25) is 0 Å². The zero-order valence-electron chi connectivity index (χ0n) is 24.5. The standard InChI is InChI=1S/C30H22N6O6S2.2K/c37-43(38,39)29-17-25(35-31-19-27(33-35)21-7-3-1-4-8-21)15-13-23(29)11-12-24-14-16-26(18-30(24)44(40,41)42)36-32-20-28(34-36)22-9-5-2-6-10-22;;/h1-20H,(H,37,38,39)(H,40,41,42);;/q;2*+1/p-2/b12-11+;;. The molecule has 16 heteroatoms. The van der Waals surface area contributed by atoms with E-state index in [2.05, 4.69) is 20.4 Å². The largest absolute Gasteiger partial charge is 1.00 e. The average Bonchev–Trinajstić information content (AvgIpc) is 3.71. The van der Waals surface area contributed by atoms with Crippen molar-refractivity contribution < 1.29 is 129 Å². The maximum atomic E-state index is 12.2. The van der Waals surface area contributed by atoms with Crippen LogP contribution in [0.1, 0.15) is 11.1 Å². The quantitative estimate of drug-likeness (QED) is 0.0997. The Balaban J connectivity index is 0.00000240. The molecule has 6 aromatic rings. The molecule has 220 valence electrons. The predicted octanol–water partition coefficient (Wildman–Crippen LogP) is -1.83. The van der Waals surface area contributed by atoms with Gasteiger partial charge in [-0.15, -0.1) is 10.2 Å². The molecule has 0 saturated carbocycles. The molecule has 0 bridgehead atoms. The molecule has 0 N–H and O–H groups in total. The number of nitrogens with zero attached hydrogens (tertiary/aromatic N) is 6. The molecule has 0 aliphatic carbocycles. The van der Waals surface area contributed by atoms with Crippen LogP contribution < -0.4 is 103 Å². The summed E-state index contributed by atoms with van der Waals surface area (Å²) in [6, 6.07) is 26.4. The van der Waals surface area contributed by atoms with Crippen molar-refractivity contribution in [1.29, 1.82) is 0 Å². The van der Waals surface area contributed by atoms with Crippen LogP contribution in [0.2, 0.25) is 0 Å². The molecule has 0 amide bonds. The molecule has 0 fully saturated rings. The number of aromatic nitrogens is 6. The number of hydrogen-bond acceptors (Lipinski definition) is 10. The van der Waals surface area contributed by atoms with Crippen LogP contribution >= 0.6 is 0 Å². The minimum atomic E-state index is -4.99. The maximum Gasteiger partial charge on any atom is 1.00 e. The van der Waals surface area contributed by atoms with E-state index in [1.165, 1.54) is 58.4 Å². The first kappa shape index (κ1) is 36.8. The van der Waals surface area contributed by atoms with Crippen LogP contribution in [0.15, 0.2) is 119 Å². The average molecular weight is 703 g/mol. The second-order valence-electron chi connectivity index (χ2n) is 9.46. The SMILES string of the molecule is O=S(=O)([O-])c1cc(-n2ncc(-c3ccccc3)n2)ccc1/C=C/c1ccc(-n2ncc(-c3ccccc3)n2)cc1S(=O)(=O)[O-].[K+].[K+]. The van der Waals surface area contributed by atoms with Crippen LogP contribution in [-0.2, 0) is 20.2 Å². The summed E-state index contributed by atoms with van der Waals surface area (Å²) in [6.45, 7) is 0. The van der Waals surface area contributed by atoms with E-state index in [0.717, 1.165) is 23.3 Å². The van der Waals surface area contributed by atoms with E-state index < -0.39 is 30.0 Å². The van der Waals surface area contributed by atoms with E-state index >= 15 is 0 Å². The molecule has 2 heterocycles. The van der Waals surface area contributed by atoms with Crippen molar-refractivity contribution in [1.82, 2.24) is 30.0 Å². The fourth-order valence-corrected chi connectivity index (χ4v) is 5.82. The number of rotatable bonds is 8. The molecule has 12 nitrogen and oxygen atoms in total. The second-order valence-corrected chi connectivity index (χ2v) is 12.2. The molecule has 6 rings (SSSR count). The van der Waals surface area contributed by atoms with Gasteiger partial charge in [0.25, 0.3) is 0 Å². The van der Waals surface area contributed by atoms with Gasteiger partial charge < -0.3 is 9.11 Å². The van der Waals surface area contributed by atoms with Crippen molar-refractivity contribution in [3.63, 3.8) is 0 Å². The van der Waals surface area contributed by atoms with Crippen molar-refractivity contribution in [2.45, 2.75) is 9.79 Å². The smallest absolute Gasteiger partial charge is 0.744 e. The molecule has 46 heavy (non-hydrogen) atoms. The minimum absolute atomic E-state index is 0. The van der Waals surface area contributed by atoms with Crippen molar-refractivity contribution in [3.05, 3.63) is 121 Å². The van der Waals surface area contributed by atoms with Gasteiger partial charge in [0.15, 0.2) is 0 Å². The van der Waals surface area contributed by atoms with Gasteiger partial charge in [-0.25, -0.2) is 16.8 Å². The third-order valence-electron chi connectivity index (χ3n) is 6.56. The first-order chi connectivity index (χ1) is 21.1. The molecule has 0 unspecified atom stereocenters. The second kappa shape index (κ2) is 15.5. The summed E-state index contributed by atoms with van der Waals surface area (Å²) in [5.74, 6) is 0. The van der Waals surface area contributed by atoms with Gasteiger partial charge in [-0.1, -0.05) is 84.9 Å². The normalized spacial score (nSPS) is 11.6. The monoisotopic (exact) mass is 702 g/mol. The fourth-order valence-electron chi connectivity index (χ4n) is 4.44. The van der Waals surface area contributed by atoms with E-state index in [1.807, 2.05) is 60.7 Å². The molecule has 0 radical (unpaired) electrons. The third kappa shape index (κ3) is 8.52. The Hall–Kier alpha value is -2.01. The van der Waals surface area contributed by atoms with Crippen molar-refractivity contribution >= 4 is 32.4 Å². The van der Waals surface area contributed by atoms with Gasteiger partial charge in [0.1, 0.15) is 31.6 Å². The zero-order valence-corrected chi connectivity index (χ0v) is 32.4. The summed E-state index contributed by atoms with van der Waals surface area (Å²) in [5, 5.41) is 17.1. The summed E-state index contributed by atoms with van der Waals surface area (Å²) in [7, 11) is -9.97. The molecule has 0 saturated heterocycles. The topological polar surface area (TPSA) is 176 Å². The summed E-state index contributed by atoms with van der Waals surface area (Å²) < 4.78 is 73.2. The Morgan fingerprint density at radius 3 is 1.26 bits per heavy atom. The van der Waals surface area contributed by atoms with Gasteiger partial charge in [-0.3, -0.25) is 0 Å². The van der Waals surface area contributed by atoms with Gasteiger partial charge in [-0.2, -0.15) is 19.8 Å². The zero-order chi connectivity index (χ0) is 30.9. The first-order valence-electron chi connectivity index (χ1n) is 12.9. The van der Waals surface area contributed by atoms with Crippen LogP contribution in [0, 0.1) is 0 Å². The Morgan fingerprint density at radius 2 is 0.913 bits per heavy atom. The molecular weight excluding hydrogens is 683 g/mol. The van der Waals surface area contributed by atoms with Crippen LogP contribution in [-0.4, -0.2) is 55.9 Å². The van der Waals surface area contributed by atoms with Crippen LogP contribution in [0.25, 0.3) is 46.0 Å². The van der Waals surface area contributed by atoms with Gasteiger partial charge in [0, 0.05) is 11.1 Å². The summed E-state index contributed by atoms with van der Waals surface area (Å²) in [5.41, 5.74) is 3.04. The van der Waals surface area contributed by atoms with E-state index in [-0.39, 0.29) is 125 Å². The summed E-state index contributed by atoms with van der Waals surface area (Å²) in [4.78, 5) is 1.22. The first-order valence-corrected chi connectivity index (χ1v) is 15.7. The fraction of sp³-hybridized carbons (Fsp3) is 0. The number of hydrogen-bond donors (Lipinski definition) is 0. The minimum Gasteiger partial charge on any atom is -0.744 e. The van der Waals surface area contributed by atoms with Gasteiger partial charge in [-0.05, 0) is 35.4 Å². The Bertz CT molecular complexity index is 2080. The van der Waals surface area contributed by atoms with E-state index in [0.29, 0.717) is 11.4 Å². The molecule has 0 spiro atoms. The maximum absolute atomic E-state index is 12.2. The Kier molecular flexibility index (Phi) is 12.4. The van der Waals surface area contributed by atoms with E-state index in [1.54, 1.807) is 0 Å². The Labute approximate surface area is 349 Å².